The fourth-order valence-electron chi connectivity index (χ4n) is 2.89. The maximum Gasteiger partial charge on any atom is 0.195 e. The number of hydrogen-bond acceptors (Lipinski definition) is 4. The minimum absolute atomic E-state index is 0.123. The number of anilines is 1. The first kappa shape index (κ1) is 18.3. The van der Waals surface area contributed by atoms with Crippen LogP contribution >= 0.6 is 0 Å². The second-order valence-corrected chi connectivity index (χ2v) is 6.40. The molecule has 0 amide bonds. The van der Waals surface area contributed by atoms with Gasteiger partial charge in [-0.15, -0.1) is 0 Å². The van der Waals surface area contributed by atoms with Gasteiger partial charge >= 0.3 is 0 Å². The van der Waals surface area contributed by atoms with E-state index in [1.54, 1.807) is 48.5 Å². The Morgan fingerprint density at radius 1 is 0.586 bits per heavy atom. The highest BCUT2D eigenvalue weighted by Crippen LogP contribution is 2.34. The minimum atomic E-state index is -0.123. The van der Waals surface area contributed by atoms with Crippen molar-refractivity contribution in [3.05, 3.63) is 114 Å². The van der Waals surface area contributed by atoms with Crippen molar-refractivity contribution in [2.45, 2.75) is 0 Å². The largest absolute Gasteiger partial charge is 0.453 e. The highest BCUT2D eigenvalue weighted by atomic mass is 16.5. The quantitative estimate of drug-likeness (QED) is 0.324. The smallest absolute Gasteiger partial charge is 0.195 e. The molecule has 0 bridgehead atoms. The van der Waals surface area contributed by atoms with Gasteiger partial charge in [-0.2, -0.15) is 0 Å². The van der Waals surface area contributed by atoms with Gasteiger partial charge in [-0.3, -0.25) is 4.79 Å². The van der Waals surface area contributed by atoms with Crippen molar-refractivity contribution < 1.29 is 14.3 Å². The van der Waals surface area contributed by atoms with Crippen LogP contribution in [0.25, 0.3) is 0 Å². The number of nitrogen functional groups attached to an aromatic ring is 1. The molecule has 0 saturated heterocycles. The zero-order chi connectivity index (χ0) is 20.1. The van der Waals surface area contributed by atoms with Crippen LogP contribution in [0.15, 0.2) is 103 Å². The third-order valence-electron chi connectivity index (χ3n) is 4.37. The van der Waals surface area contributed by atoms with E-state index in [-0.39, 0.29) is 5.78 Å². The molecule has 4 aromatic rings. The lowest BCUT2D eigenvalue weighted by Crippen LogP contribution is -2.04. The van der Waals surface area contributed by atoms with Crippen LogP contribution in [0, 0.1) is 0 Å². The number of carbonyl (C=O) groups excluding carboxylic acids is 1. The van der Waals surface area contributed by atoms with E-state index < -0.39 is 0 Å². The van der Waals surface area contributed by atoms with Gasteiger partial charge in [0.1, 0.15) is 11.5 Å². The summed E-state index contributed by atoms with van der Waals surface area (Å²) in [6.07, 6.45) is 0. The van der Waals surface area contributed by atoms with E-state index in [9.17, 15) is 4.79 Å². The second kappa shape index (κ2) is 8.31. The number of ether oxygens (including phenoxy) is 2. The van der Waals surface area contributed by atoms with Crippen molar-refractivity contribution in [2.24, 2.45) is 0 Å². The summed E-state index contributed by atoms with van der Waals surface area (Å²) in [6, 6.07) is 31.0. The molecule has 142 valence electrons. The Kier molecular flexibility index (Phi) is 5.25. The summed E-state index contributed by atoms with van der Waals surface area (Å²) < 4.78 is 11.9. The molecular weight excluding hydrogens is 362 g/mol. The zero-order valence-corrected chi connectivity index (χ0v) is 15.6. The molecule has 0 unspecified atom stereocenters. The third-order valence-corrected chi connectivity index (χ3v) is 4.37. The van der Waals surface area contributed by atoms with Crippen LogP contribution in [0.1, 0.15) is 15.9 Å². The van der Waals surface area contributed by atoms with Crippen LogP contribution in [-0.2, 0) is 0 Å². The molecule has 0 radical (unpaired) electrons. The van der Waals surface area contributed by atoms with Gasteiger partial charge < -0.3 is 15.2 Å². The van der Waals surface area contributed by atoms with E-state index in [1.807, 2.05) is 54.6 Å². The molecule has 0 fully saturated rings. The second-order valence-electron chi connectivity index (χ2n) is 6.40. The summed E-state index contributed by atoms with van der Waals surface area (Å²) in [5.41, 5.74) is 7.41. The lowest BCUT2D eigenvalue weighted by molar-refractivity contribution is 0.103. The van der Waals surface area contributed by atoms with E-state index in [0.717, 1.165) is 5.75 Å². The van der Waals surface area contributed by atoms with E-state index in [0.29, 0.717) is 34.1 Å². The summed E-state index contributed by atoms with van der Waals surface area (Å²) in [4.78, 5) is 12.7. The molecule has 0 aliphatic carbocycles. The lowest BCUT2D eigenvalue weighted by atomic mass is 10.0. The number of hydrogen-bond donors (Lipinski definition) is 1. The summed E-state index contributed by atoms with van der Waals surface area (Å²) in [6.45, 7) is 0. The Balaban J connectivity index is 1.53. The summed E-state index contributed by atoms with van der Waals surface area (Å²) in [5.74, 6) is 2.40. The minimum Gasteiger partial charge on any atom is -0.453 e. The molecule has 0 heterocycles. The highest BCUT2D eigenvalue weighted by Gasteiger charge is 2.12. The molecule has 0 aliphatic heterocycles. The number of benzene rings is 4. The fourth-order valence-corrected chi connectivity index (χ4v) is 2.89. The standard InChI is InChI=1S/C25H19NO3/c26-22-11-5-4-10-21(22)25(27)18-14-16-20(17-15-18)29-24-13-7-6-12-23(24)28-19-8-2-1-3-9-19/h1-17H,26H2. The Morgan fingerprint density at radius 3 is 1.72 bits per heavy atom. The van der Waals surface area contributed by atoms with Gasteiger partial charge in [-0.1, -0.05) is 42.5 Å². The average Bonchev–Trinajstić information content (AvgIpc) is 2.76. The molecule has 0 aromatic heterocycles. The van der Waals surface area contributed by atoms with Crippen molar-refractivity contribution in [3.63, 3.8) is 0 Å². The number of ketones is 1. The highest BCUT2D eigenvalue weighted by molar-refractivity contribution is 6.12. The molecule has 0 aliphatic rings. The van der Waals surface area contributed by atoms with Gasteiger partial charge in [-0.05, 0) is 60.7 Å². The third kappa shape index (κ3) is 4.28. The van der Waals surface area contributed by atoms with E-state index >= 15 is 0 Å². The lowest BCUT2D eigenvalue weighted by Gasteiger charge is -2.12. The van der Waals surface area contributed by atoms with Crippen LogP contribution in [0.2, 0.25) is 0 Å². The molecule has 4 rings (SSSR count). The van der Waals surface area contributed by atoms with Gasteiger partial charge in [0.15, 0.2) is 17.3 Å². The predicted molar refractivity (Wildman–Crippen MR) is 114 cm³/mol. The van der Waals surface area contributed by atoms with E-state index in [4.69, 9.17) is 15.2 Å². The van der Waals surface area contributed by atoms with Crippen molar-refractivity contribution in [2.75, 3.05) is 5.73 Å². The van der Waals surface area contributed by atoms with Gasteiger partial charge in [-0.25, -0.2) is 0 Å². The zero-order valence-electron chi connectivity index (χ0n) is 15.6. The first-order valence-electron chi connectivity index (χ1n) is 9.20. The number of rotatable bonds is 6. The van der Waals surface area contributed by atoms with Crippen molar-refractivity contribution >= 4 is 11.5 Å². The summed E-state index contributed by atoms with van der Waals surface area (Å²) in [7, 11) is 0. The summed E-state index contributed by atoms with van der Waals surface area (Å²) >= 11 is 0. The molecule has 4 nitrogen and oxygen atoms in total. The fraction of sp³-hybridized carbons (Fsp3) is 0. The predicted octanol–water partition coefficient (Wildman–Crippen LogP) is 6.08. The first-order valence-corrected chi connectivity index (χ1v) is 9.20. The van der Waals surface area contributed by atoms with Crippen LogP contribution in [-0.4, -0.2) is 5.78 Å². The average molecular weight is 381 g/mol. The molecule has 4 aromatic carbocycles. The van der Waals surface area contributed by atoms with Gasteiger partial charge in [0.05, 0.1) is 0 Å². The molecule has 0 atom stereocenters. The van der Waals surface area contributed by atoms with Crippen LogP contribution in [0.3, 0.4) is 0 Å². The van der Waals surface area contributed by atoms with Crippen LogP contribution in [0.5, 0.6) is 23.0 Å². The Labute approximate surface area is 169 Å². The molecule has 4 heteroatoms. The number of nitrogens with two attached hydrogens (primary N) is 1. The number of carbonyl (C=O) groups is 1. The maximum atomic E-state index is 12.7. The Hall–Kier alpha value is -4.05. The van der Waals surface area contributed by atoms with Crippen LogP contribution < -0.4 is 15.2 Å². The van der Waals surface area contributed by atoms with Crippen molar-refractivity contribution in [1.82, 2.24) is 0 Å². The van der Waals surface area contributed by atoms with Crippen molar-refractivity contribution in [3.8, 4) is 23.0 Å². The molecule has 29 heavy (non-hydrogen) atoms. The van der Waals surface area contributed by atoms with E-state index in [2.05, 4.69) is 0 Å². The Morgan fingerprint density at radius 2 is 1.10 bits per heavy atom. The van der Waals surface area contributed by atoms with Gasteiger partial charge in [0.2, 0.25) is 0 Å². The maximum absolute atomic E-state index is 12.7. The van der Waals surface area contributed by atoms with Crippen LogP contribution in [0.4, 0.5) is 5.69 Å². The monoisotopic (exact) mass is 381 g/mol. The number of para-hydroxylation sites is 4. The van der Waals surface area contributed by atoms with Gasteiger partial charge in [0, 0.05) is 16.8 Å². The topological polar surface area (TPSA) is 61.6 Å². The molecule has 0 saturated carbocycles. The first-order chi connectivity index (χ1) is 14.2. The summed E-state index contributed by atoms with van der Waals surface area (Å²) in [5, 5.41) is 0. The SMILES string of the molecule is Nc1ccccc1C(=O)c1ccc(Oc2ccccc2Oc2ccccc2)cc1. The van der Waals surface area contributed by atoms with E-state index in [1.165, 1.54) is 0 Å². The Bertz CT molecular complexity index is 1120. The molecular formula is C25H19NO3. The van der Waals surface area contributed by atoms with Crippen molar-refractivity contribution in [1.29, 1.82) is 0 Å². The molecule has 2 N–H and O–H groups in total. The molecule has 0 spiro atoms. The van der Waals surface area contributed by atoms with Gasteiger partial charge in [0.25, 0.3) is 0 Å². The normalized spacial score (nSPS) is 10.3.